The highest BCUT2D eigenvalue weighted by molar-refractivity contribution is 6.10. The number of nitrogens with zero attached hydrogens (tertiary/aromatic N) is 2. The zero-order valence-electron chi connectivity index (χ0n) is 9.20. The van der Waals surface area contributed by atoms with E-state index in [9.17, 15) is 9.59 Å². The molecule has 90 valence electrons. The van der Waals surface area contributed by atoms with Crippen molar-refractivity contribution in [1.82, 2.24) is 10.2 Å². The minimum Gasteiger partial charge on any atom is -0.478 e. The molecule has 6 heteroatoms. The van der Waals surface area contributed by atoms with Crippen LogP contribution in [-0.2, 0) is 0 Å². The number of carbonyl (C=O) groups is 2. The second-order valence-electron chi connectivity index (χ2n) is 3.44. The summed E-state index contributed by atoms with van der Waals surface area (Å²) in [5, 5.41) is 18.5. The minimum atomic E-state index is -1.22. The lowest BCUT2D eigenvalue weighted by Gasteiger charge is -2.06. The highest BCUT2D eigenvalue weighted by Gasteiger charge is 2.17. The molecule has 1 amide bonds. The molecule has 18 heavy (non-hydrogen) atoms. The molecule has 0 aliphatic carbocycles. The summed E-state index contributed by atoms with van der Waals surface area (Å²) in [7, 11) is 0. The maximum atomic E-state index is 11.9. The molecule has 0 atom stereocenters. The number of anilines is 1. The molecular weight excluding hydrogens is 234 g/mol. The number of carboxylic acid groups (broad SMARTS) is 1. The van der Waals surface area contributed by atoms with Gasteiger partial charge in [-0.05, 0) is 12.1 Å². The van der Waals surface area contributed by atoms with Crippen molar-refractivity contribution < 1.29 is 14.7 Å². The van der Waals surface area contributed by atoms with E-state index in [1.807, 2.05) is 6.07 Å². The standard InChI is InChI=1S/C12H9N3O3/c16-11(15-8-4-2-1-3-5-8)9-6-13-14-7-10(9)12(17)18/h1-7H,(H,15,16)(H,17,18). The van der Waals surface area contributed by atoms with Crippen molar-refractivity contribution in [2.45, 2.75) is 0 Å². The Hall–Kier alpha value is -2.76. The monoisotopic (exact) mass is 243 g/mol. The minimum absolute atomic E-state index is 0.0265. The van der Waals surface area contributed by atoms with E-state index in [2.05, 4.69) is 15.5 Å². The molecule has 2 N–H and O–H groups in total. The first-order valence-electron chi connectivity index (χ1n) is 5.09. The molecule has 2 aromatic rings. The van der Waals surface area contributed by atoms with Gasteiger partial charge < -0.3 is 10.4 Å². The normalized spacial score (nSPS) is 9.78. The number of aromatic nitrogens is 2. The molecule has 0 aliphatic rings. The van der Waals surface area contributed by atoms with Crippen molar-refractivity contribution in [3.63, 3.8) is 0 Å². The van der Waals surface area contributed by atoms with E-state index in [0.717, 1.165) is 12.4 Å². The van der Waals surface area contributed by atoms with Crippen LogP contribution in [0, 0.1) is 0 Å². The molecule has 0 saturated carbocycles. The molecule has 0 radical (unpaired) electrons. The van der Waals surface area contributed by atoms with Gasteiger partial charge in [0.25, 0.3) is 5.91 Å². The molecule has 1 heterocycles. The lowest BCUT2D eigenvalue weighted by Crippen LogP contribution is -2.17. The van der Waals surface area contributed by atoms with Gasteiger partial charge in [-0.2, -0.15) is 10.2 Å². The third-order valence-electron chi connectivity index (χ3n) is 2.24. The van der Waals surface area contributed by atoms with Gasteiger partial charge in [-0.15, -0.1) is 0 Å². The summed E-state index contributed by atoms with van der Waals surface area (Å²) in [6, 6.07) is 8.74. The van der Waals surface area contributed by atoms with Gasteiger partial charge in [0.15, 0.2) is 0 Å². The van der Waals surface area contributed by atoms with Crippen LogP contribution in [0.25, 0.3) is 0 Å². The fourth-order valence-corrected chi connectivity index (χ4v) is 1.39. The molecule has 0 unspecified atom stereocenters. The Morgan fingerprint density at radius 2 is 1.61 bits per heavy atom. The summed E-state index contributed by atoms with van der Waals surface area (Å²) in [5.74, 6) is -1.75. The van der Waals surface area contributed by atoms with E-state index in [4.69, 9.17) is 5.11 Å². The van der Waals surface area contributed by atoms with Crippen molar-refractivity contribution in [2.24, 2.45) is 0 Å². The average molecular weight is 243 g/mol. The molecule has 0 spiro atoms. The zero-order valence-corrected chi connectivity index (χ0v) is 9.20. The maximum Gasteiger partial charge on any atom is 0.338 e. The number of hydrogen-bond donors (Lipinski definition) is 2. The lowest BCUT2D eigenvalue weighted by molar-refractivity contribution is 0.0691. The van der Waals surface area contributed by atoms with Gasteiger partial charge in [0.1, 0.15) is 0 Å². The third-order valence-corrected chi connectivity index (χ3v) is 2.24. The Morgan fingerprint density at radius 3 is 2.22 bits per heavy atom. The Labute approximate surface area is 102 Å². The first kappa shape index (κ1) is 11.7. The van der Waals surface area contributed by atoms with Crippen molar-refractivity contribution in [3.05, 3.63) is 53.9 Å². The maximum absolute atomic E-state index is 11.9. The van der Waals surface area contributed by atoms with Crippen molar-refractivity contribution in [1.29, 1.82) is 0 Å². The number of rotatable bonds is 3. The second kappa shape index (κ2) is 5.05. The van der Waals surface area contributed by atoms with Gasteiger partial charge in [0.05, 0.1) is 23.5 Å². The smallest absolute Gasteiger partial charge is 0.338 e. The molecule has 0 aliphatic heterocycles. The summed E-state index contributed by atoms with van der Waals surface area (Å²) in [6.07, 6.45) is 2.17. The average Bonchev–Trinajstić information content (AvgIpc) is 2.40. The highest BCUT2D eigenvalue weighted by Crippen LogP contribution is 2.11. The molecule has 0 fully saturated rings. The zero-order chi connectivity index (χ0) is 13.0. The van der Waals surface area contributed by atoms with E-state index in [0.29, 0.717) is 5.69 Å². The predicted molar refractivity (Wildman–Crippen MR) is 63.4 cm³/mol. The third kappa shape index (κ3) is 2.49. The van der Waals surface area contributed by atoms with Crippen molar-refractivity contribution in [2.75, 3.05) is 5.32 Å². The topological polar surface area (TPSA) is 92.2 Å². The van der Waals surface area contributed by atoms with Crippen LogP contribution in [0.5, 0.6) is 0 Å². The van der Waals surface area contributed by atoms with E-state index in [1.165, 1.54) is 0 Å². The van der Waals surface area contributed by atoms with E-state index in [-0.39, 0.29) is 11.1 Å². The first-order valence-corrected chi connectivity index (χ1v) is 5.09. The number of carboxylic acids is 1. The van der Waals surface area contributed by atoms with Crippen LogP contribution < -0.4 is 5.32 Å². The fourth-order valence-electron chi connectivity index (χ4n) is 1.39. The predicted octanol–water partition coefficient (Wildman–Crippen LogP) is 1.43. The van der Waals surface area contributed by atoms with Gasteiger partial charge in [-0.1, -0.05) is 18.2 Å². The number of aromatic carboxylic acids is 1. The van der Waals surface area contributed by atoms with Crippen LogP contribution >= 0.6 is 0 Å². The summed E-state index contributed by atoms with van der Waals surface area (Å²) in [5.41, 5.74) is 0.371. The fraction of sp³-hybridized carbons (Fsp3) is 0. The second-order valence-corrected chi connectivity index (χ2v) is 3.44. The number of hydrogen-bond acceptors (Lipinski definition) is 4. The first-order chi connectivity index (χ1) is 8.68. The van der Waals surface area contributed by atoms with E-state index in [1.54, 1.807) is 24.3 Å². The van der Waals surface area contributed by atoms with Crippen molar-refractivity contribution >= 4 is 17.6 Å². The Balaban J connectivity index is 2.27. The van der Waals surface area contributed by atoms with Crippen LogP contribution in [-0.4, -0.2) is 27.2 Å². The molecule has 2 rings (SSSR count). The summed E-state index contributed by atoms with van der Waals surface area (Å²) < 4.78 is 0. The molecule has 6 nitrogen and oxygen atoms in total. The number of nitrogens with one attached hydrogen (secondary N) is 1. The van der Waals surface area contributed by atoms with Gasteiger partial charge in [0, 0.05) is 5.69 Å². The van der Waals surface area contributed by atoms with Crippen LogP contribution in [0.4, 0.5) is 5.69 Å². The molecule has 1 aromatic carbocycles. The number of para-hydroxylation sites is 1. The van der Waals surface area contributed by atoms with Gasteiger partial charge >= 0.3 is 5.97 Å². The molecule has 1 aromatic heterocycles. The van der Waals surface area contributed by atoms with E-state index >= 15 is 0 Å². The van der Waals surface area contributed by atoms with Gasteiger partial charge in [-0.25, -0.2) is 4.79 Å². The molecule has 0 bridgehead atoms. The Kier molecular flexibility index (Phi) is 3.29. The molecular formula is C12H9N3O3. The largest absolute Gasteiger partial charge is 0.478 e. The van der Waals surface area contributed by atoms with Crippen LogP contribution in [0.3, 0.4) is 0 Å². The Bertz CT molecular complexity index is 584. The number of benzene rings is 1. The lowest BCUT2D eigenvalue weighted by atomic mass is 10.1. The molecule has 0 saturated heterocycles. The SMILES string of the molecule is O=C(O)c1cnncc1C(=O)Nc1ccccc1. The number of amides is 1. The van der Waals surface area contributed by atoms with Crippen LogP contribution in [0.15, 0.2) is 42.7 Å². The van der Waals surface area contributed by atoms with Crippen LogP contribution in [0.2, 0.25) is 0 Å². The summed E-state index contributed by atoms with van der Waals surface area (Å²) >= 11 is 0. The quantitative estimate of drug-likeness (QED) is 0.850. The Morgan fingerprint density at radius 1 is 1.00 bits per heavy atom. The van der Waals surface area contributed by atoms with Crippen LogP contribution in [0.1, 0.15) is 20.7 Å². The summed E-state index contributed by atoms with van der Waals surface area (Å²) in [4.78, 5) is 22.8. The van der Waals surface area contributed by atoms with E-state index < -0.39 is 11.9 Å². The highest BCUT2D eigenvalue weighted by atomic mass is 16.4. The summed E-state index contributed by atoms with van der Waals surface area (Å²) in [6.45, 7) is 0. The van der Waals surface area contributed by atoms with Gasteiger partial charge in [0.2, 0.25) is 0 Å². The van der Waals surface area contributed by atoms with Gasteiger partial charge in [-0.3, -0.25) is 4.79 Å². The van der Waals surface area contributed by atoms with Crippen molar-refractivity contribution in [3.8, 4) is 0 Å². The number of carbonyl (C=O) groups excluding carboxylic acids is 1.